The van der Waals surface area contributed by atoms with Crippen LogP contribution in [-0.2, 0) is 17.6 Å². The van der Waals surface area contributed by atoms with Gasteiger partial charge in [0, 0.05) is 24.1 Å². The van der Waals surface area contributed by atoms with Gasteiger partial charge in [0.25, 0.3) is 0 Å². The largest absolute Gasteiger partial charge is 0.481 e. The van der Waals surface area contributed by atoms with Crippen LogP contribution in [0, 0.1) is 17.5 Å². The second-order valence-electron chi connectivity index (χ2n) is 7.58. The van der Waals surface area contributed by atoms with Crippen LogP contribution in [0.4, 0.5) is 13.2 Å². The zero-order valence-corrected chi connectivity index (χ0v) is 16.9. The first-order valence-corrected chi connectivity index (χ1v) is 9.43. The van der Waals surface area contributed by atoms with E-state index < -0.39 is 35.1 Å². The number of halogens is 4. The maximum absolute atomic E-state index is 14.1. The lowest BCUT2D eigenvalue weighted by Crippen LogP contribution is -2.43. The molecule has 2 rings (SSSR count). The molecular weight excluding hydrogens is 407 g/mol. The van der Waals surface area contributed by atoms with E-state index in [9.17, 15) is 23.1 Å². The van der Waals surface area contributed by atoms with Crippen LogP contribution in [0.5, 0.6) is 0 Å². The molecule has 0 aromatic heterocycles. The summed E-state index contributed by atoms with van der Waals surface area (Å²) >= 11 is 5.68. The molecule has 0 bridgehead atoms. The summed E-state index contributed by atoms with van der Waals surface area (Å²) in [4.78, 5) is 10.7. The van der Waals surface area contributed by atoms with Crippen molar-refractivity contribution in [3.8, 4) is 0 Å². The van der Waals surface area contributed by atoms with Crippen LogP contribution in [0.3, 0.4) is 0 Å². The molecule has 0 radical (unpaired) electrons. The third kappa shape index (κ3) is 6.73. The standard InChI is InChI=1S/C21H23ClF3NO3/c1-21(2,10-13-3-5-15(22)16(23)9-13)26-11-18(27)14-7-12(4-6-19(28)29)8-17(24)20(14)25/h3,5,7-9,18,26-27H,4,6,10-11H2,1-2H3,(H,28,29)/t18-/m1/s1. The first-order chi connectivity index (χ1) is 13.5. The van der Waals surface area contributed by atoms with Crippen molar-refractivity contribution >= 4 is 17.6 Å². The van der Waals surface area contributed by atoms with Gasteiger partial charge in [-0.05, 0) is 62.1 Å². The molecule has 0 aliphatic heterocycles. The normalized spacial score (nSPS) is 12.8. The molecule has 0 aliphatic rings. The lowest BCUT2D eigenvalue weighted by molar-refractivity contribution is -0.136. The molecule has 2 aromatic rings. The van der Waals surface area contributed by atoms with Crippen LogP contribution >= 0.6 is 11.6 Å². The van der Waals surface area contributed by atoms with E-state index in [1.54, 1.807) is 6.07 Å². The van der Waals surface area contributed by atoms with E-state index in [0.717, 1.165) is 6.07 Å². The second-order valence-corrected chi connectivity index (χ2v) is 7.99. The van der Waals surface area contributed by atoms with Gasteiger partial charge in [-0.3, -0.25) is 4.79 Å². The predicted molar refractivity (Wildman–Crippen MR) is 104 cm³/mol. The molecule has 0 amide bonds. The highest BCUT2D eigenvalue weighted by atomic mass is 35.5. The Morgan fingerprint density at radius 2 is 1.79 bits per heavy atom. The van der Waals surface area contributed by atoms with Crippen molar-refractivity contribution in [3.05, 3.63) is 69.5 Å². The number of hydrogen-bond acceptors (Lipinski definition) is 3. The van der Waals surface area contributed by atoms with Gasteiger partial charge in [0.05, 0.1) is 11.1 Å². The quantitative estimate of drug-likeness (QED) is 0.552. The molecule has 8 heteroatoms. The molecule has 0 fully saturated rings. The van der Waals surface area contributed by atoms with Crippen LogP contribution < -0.4 is 5.32 Å². The first-order valence-electron chi connectivity index (χ1n) is 9.05. The van der Waals surface area contributed by atoms with Crippen LogP contribution in [0.15, 0.2) is 30.3 Å². The van der Waals surface area contributed by atoms with E-state index in [1.165, 1.54) is 18.2 Å². The number of aliphatic hydroxyl groups excluding tert-OH is 1. The van der Waals surface area contributed by atoms with Gasteiger partial charge in [-0.1, -0.05) is 17.7 Å². The van der Waals surface area contributed by atoms with Gasteiger partial charge in [0.2, 0.25) is 0 Å². The highest BCUT2D eigenvalue weighted by Gasteiger charge is 2.23. The molecule has 1 atom stereocenters. The Balaban J connectivity index is 2.07. The minimum absolute atomic E-state index is 0.0211. The van der Waals surface area contributed by atoms with Crippen LogP contribution in [0.1, 0.15) is 43.1 Å². The third-order valence-corrected chi connectivity index (χ3v) is 4.81. The van der Waals surface area contributed by atoms with Gasteiger partial charge in [0.15, 0.2) is 11.6 Å². The zero-order chi connectivity index (χ0) is 21.8. The fraction of sp³-hybridized carbons (Fsp3) is 0.381. The van der Waals surface area contributed by atoms with Crippen molar-refractivity contribution in [2.24, 2.45) is 0 Å². The van der Waals surface area contributed by atoms with Crippen molar-refractivity contribution in [2.75, 3.05) is 6.54 Å². The topological polar surface area (TPSA) is 69.6 Å². The zero-order valence-electron chi connectivity index (χ0n) is 16.1. The Labute approximate surface area is 172 Å². The maximum Gasteiger partial charge on any atom is 0.303 e. The number of hydrogen-bond donors (Lipinski definition) is 3. The fourth-order valence-corrected chi connectivity index (χ4v) is 3.13. The van der Waals surface area contributed by atoms with E-state index in [0.29, 0.717) is 12.0 Å². The Hall–Kier alpha value is -2.09. The van der Waals surface area contributed by atoms with E-state index in [2.05, 4.69) is 5.32 Å². The molecule has 29 heavy (non-hydrogen) atoms. The highest BCUT2D eigenvalue weighted by molar-refractivity contribution is 6.30. The number of aliphatic hydroxyl groups is 1. The number of benzene rings is 2. The molecule has 0 unspecified atom stereocenters. The Morgan fingerprint density at radius 1 is 1.14 bits per heavy atom. The van der Waals surface area contributed by atoms with Crippen LogP contribution in [0.2, 0.25) is 5.02 Å². The summed E-state index contributed by atoms with van der Waals surface area (Å²) in [7, 11) is 0. The van der Waals surface area contributed by atoms with Gasteiger partial charge in [0.1, 0.15) is 5.82 Å². The molecule has 4 nitrogen and oxygen atoms in total. The molecule has 0 heterocycles. The SMILES string of the molecule is CC(C)(Cc1ccc(Cl)c(F)c1)NC[C@@H](O)c1cc(CCC(=O)O)cc(F)c1F. The smallest absolute Gasteiger partial charge is 0.303 e. The number of nitrogens with one attached hydrogen (secondary N) is 1. The van der Waals surface area contributed by atoms with Crippen molar-refractivity contribution in [2.45, 2.75) is 44.8 Å². The van der Waals surface area contributed by atoms with E-state index >= 15 is 0 Å². The minimum atomic E-state index is -1.35. The van der Waals surface area contributed by atoms with Crippen LogP contribution in [-0.4, -0.2) is 28.3 Å². The number of aliphatic carboxylic acids is 1. The molecule has 2 aromatic carbocycles. The van der Waals surface area contributed by atoms with Gasteiger partial charge in [-0.2, -0.15) is 0 Å². The average Bonchev–Trinajstić information content (AvgIpc) is 2.63. The van der Waals surface area contributed by atoms with Gasteiger partial charge in [-0.15, -0.1) is 0 Å². The van der Waals surface area contributed by atoms with E-state index in [4.69, 9.17) is 16.7 Å². The average molecular weight is 430 g/mol. The highest BCUT2D eigenvalue weighted by Crippen LogP contribution is 2.24. The molecule has 0 spiro atoms. The Morgan fingerprint density at radius 3 is 2.41 bits per heavy atom. The number of β-amino-alcohol motifs (C(OH)–C–C–N with tert-alkyl or cyclic N) is 1. The lowest BCUT2D eigenvalue weighted by atomic mass is 9.94. The summed E-state index contributed by atoms with van der Waals surface area (Å²) in [6, 6.07) is 6.67. The summed E-state index contributed by atoms with van der Waals surface area (Å²) < 4.78 is 41.6. The molecule has 0 saturated carbocycles. The van der Waals surface area contributed by atoms with Crippen molar-refractivity contribution in [3.63, 3.8) is 0 Å². The summed E-state index contributed by atoms with van der Waals surface area (Å²) in [5.41, 5.74) is 0.145. The molecule has 0 aliphatic carbocycles. The summed E-state index contributed by atoms with van der Waals surface area (Å²) in [5, 5.41) is 22.2. The first kappa shape index (κ1) is 23.2. The molecular formula is C21H23ClF3NO3. The van der Waals surface area contributed by atoms with E-state index in [-0.39, 0.29) is 35.5 Å². The van der Waals surface area contributed by atoms with Gasteiger partial charge < -0.3 is 15.5 Å². The number of carboxylic acids is 1. The Kier molecular flexibility index (Phi) is 7.68. The van der Waals surface area contributed by atoms with Crippen molar-refractivity contribution in [1.29, 1.82) is 0 Å². The molecule has 158 valence electrons. The predicted octanol–water partition coefficient (Wildman–Crippen LogP) is 4.42. The fourth-order valence-electron chi connectivity index (χ4n) is 3.01. The van der Waals surface area contributed by atoms with Gasteiger partial charge >= 0.3 is 5.97 Å². The third-order valence-electron chi connectivity index (χ3n) is 4.51. The Bertz CT molecular complexity index is 890. The lowest BCUT2D eigenvalue weighted by Gasteiger charge is -2.28. The van der Waals surface area contributed by atoms with E-state index in [1.807, 2.05) is 13.8 Å². The van der Waals surface area contributed by atoms with Gasteiger partial charge in [-0.25, -0.2) is 13.2 Å². The molecule has 0 saturated heterocycles. The number of rotatable bonds is 9. The number of carbonyl (C=O) groups is 1. The summed E-state index contributed by atoms with van der Waals surface area (Å²) in [6.07, 6.45) is -1.16. The van der Waals surface area contributed by atoms with Crippen LogP contribution in [0.25, 0.3) is 0 Å². The van der Waals surface area contributed by atoms with Crippen molar-refractivity contribution in [1.82, 2.24) is 5.32 Å². The van der Waals surface area contributed by atoms with Crippen molar-refractivity contribution < 1.29 is 28.2 Å². The number of carboxylic acid groups (broad SMARTS) is 1. The second kappa shape index (κ2) is 9.61. The minimum Gasteiger partial charge on any atom is -0.481 e. The number of aryl methyl sites for hydroxylation is 1. The summed E-state index contributed by atoms with van der Waals surface area (Å²) in [6.45, 7) is 3.57. The molecule has 3 N–H and O–H groups in total. The summed E-state index contributed by atoms with van der Waals surface area (Å²) in [5.74, 6) is -3.90. The monoisotopic (exact) mass is 429 g/mol. The maximum atomic E-state index is 14.1.